The summed E-state index contributed by atoms with van der Waals surface area (Å²) in [6, 6.07) is 0. The first kappa shape index (κ1) is 10.7. The van der Waals surface area contributed by atoms with Gasteiger partial charge in [-0.25, -0.2) is 4.79 Å². The molecule has 0 aliphatic heterocycles. The van der Waals surface area contributed by atoms with Crippen molar-refractivity contribution in [3.05, 3.63) is 12.2 Å². The minimum absolute atomic E-state index is 0.0747. The van der Waals surface area contributed by atoms with E-state index in [0.717, 1.165) is 0 Å². The molecular formula is C8H12O4. The maximum atomic E-state index is 10.7. The lowest BCUT2D eigenvalue weighted by molar-refractivity contribution is -0.148. The second kappa shape index (κ2) is 5.35. The zero-order chi connectivity index (χ0) is 9.56. The number of hydrogen-bond acceptors (Lipinski definition) is 4. The minimum Gasteiger partial charge on any atom is -0.462 e. The van der Waals surface area contributed by atoms with E-state index < -0.39 is 5.97 Å². The summed E-state index contributed by atoms with van der Waals surface area (Å²) >= 11 is 0. The summed E-state index contributed by atoms with van der Waals surface area (Å²) in [5.41, 5.74) is 0.331. The Morgan fingerprint density at radius 1 is 1.17 bits per heavy atom. The van der Waals surface area contributed by atoms with Crippen molar-refractivity contribution in [2.24, 2.45) is 0 Å². The molecule has 68 valence electrons. The van der Waals surface area contributed by atoms with Gasteiger partial charge in [-0.1, -0.05) is 6.58 Å². The van der Waals surface area contributed by atoms with Crippen molar-refractivity contribution in [3.8, 4) is 0 Å². The number of rotatable bonds is 4. The first-order valence-electron chi connectivity index (χ1n) is 3.50. The summed E-state index contributed by atoms with van der Waals surface area (Å²) in [5, 5.41) is 0. The average Bonchev–Trinajstić information content (AvgIpc) is 1.97. The Kier molecular flexibility index (Phi) is 4.76. The second-order valence-electron chi connectivity index (χ2n) is 2.26. The zero-order valence-electron chi connectivity index (χ0n) is 7.25. The van der Waals surface area contributed by atoms with Crippen molar-refractivity contribution in [1.29, 1.82) is 0 Å². The van der Waals surface area contributed by atoms with Crippen LogP contribution in [0.4, 0.5) is 0 Å². The molecule has 12 heavy (non-hydrogen) atoms. The standard InChI is InChI=1S/C8H12O4/c1-6(2)8(10)12-5-4-11-7(3)9/h1,4-5H2,2-3H3. The van der Waals surface area contributed by atoms with Crippen LogP contribution in [-0.4, -0.2) is 25.2 Å². The Balaban J connectivity index is 3.38. The fourth-order valence-electron chi connectivity index (χ4n) is 0.443. The van der Waals surface area contributed by atoms with Crippen molar-refractivity contribution < 1.29 is 19.1 Å². The van der Waals surface area contributed by atoms with Gasteiger partial charge in [-0.3, -0.25) is 4.79 Å². The van der Waals surface area contributed by atoms with Crippen LogP contribution in [0.15, 0.2) is 12.2 Å². The van der Waals surface area contributed by atoms with E-state index in [-0.39, 0.29) is 19.2 Å². The molecule has 0 spiro atoms. The molecule has 0 aliphatic rings. The largest absolute Gasteiger partial charge is 0.462 e. The molecule has 4 nitrogen and oxygen atoms in total. The van der Waals surface area contributed by atoms with Gasteiger partial charge in [0.05, 0.1) is 0 Å². The van der Waals surface area contributed by atoms with Gasteiger partial charge in [-0.05, 0) is 6.92 Å². The predicted octanol–water partition coefficient (Wildman–Crippen LogP) is 0.669. The van der Waals surface area contributed by atoms with Crippen LogP contribution in [0.25, 0.3) is 0 Å². The maximum absolute atomic E-state index is 10.7. The van der Waals surface area contributed by atoms with Gasteiger partial charge < -0.3 is 9.47 Å². The molecule has 0 saturated carbocycles. The van der Waals surface area contributed by atoms with Gasteiger partial charge in [0.15, 0.2) is 0 Å². The molecule has 0 aromatic rings. The number of carbonyl (C=O) groups excluding carboxylic acids is 2. The monoisotopic (exact) mass is 172 g/mol. The third-order valence-corrected chi connectivity index (χ3v) is 0.970. The van der Waals surface area contributed by atoms with Crippen LogP contribution < -0.4 is 0 Å². The molecule has 0 fully saturated rings. The van der Waals surface area contributed by atoms with Crippen molar-refractivity contribution in [3.63, 3.8) is 0 Å². The molecule has 0 aliphatic carbocycles. The molecule has 0 aromatic heterocycles. The summed E-state index contributed by atoms with van der Waals surface area (Å²) in [6.07, 6.45) is 0. The summed E-state index contributed by atoms with van der Waals surface area (Å²) < 4.78 is 9.16. The Morgan fingerprint density at radius 3 is 2.08 bits per heavy atom. The van der Waals surface area contributed by atoms with E-state index in [0.29, 0.717) is 5.57 Å². The van der Waals surface area contributed by atoms with Crippen LogP contribution in [0.1, 0.15) is 13.8 Å². The van der Waals surface area contributed by atoms with E-state index >= 15 is 0 Å². The summed E-state index contributed by atoms with van der Waals surface area (Å²) in [7, 11) is 0. The van der Waals surface area contributed by atoms with Gasteiger partial charge in [0.2, 0.25) is 0 Å². The predicted molar refractivity (Wildman–Crippen MR) is 42.4 cm³/mol. The summed E-state index contributed by atoms with van der Waals surface area (Å²) in [5.74, 6) is -0.858. The van der Waals surface area contributed by atoms with Crippen LogP contribution in [0.5, 0.6) is 0 Å². The molecule has 0 saturated heterocycles. The minimum atomic E-state index is -0.470. The lowest BCUT2D eigenvalue weighted by Gasteiger charge is -2.03. The Labute approximate surface area is 71.2 Å². The van der Waals surface area contributed by atoms with Crippen molar-refractivity contribution in [1.82, 2.24) is 0 Å². The summed E-state index contributed by atoms with van der Waals surface area (Å²) in [4.78, 5) is 21.0. The normalized spacial score (nSPS) is 8.83. The first-order chi connectivity index (χ1) is 5.54. The molecule has 0 atom stereocenters. The van der Waals surface area contributed by atoms with E-state index in [2.05, 4.69) is 16.1 Å². The molecule has 0 rings (SSSR count). The average molecular weight is 172 g/mol. The number of carbonyl (C=O) groups is 2. The number of ether oxygens (including phenoxy) is 2. The highest BCUT2D eigenvalue weighted by atomic mass is 16.6. The van der Waals surface area contributed by atoms with E-state index in [1.807, 2.05) is 0 Å². The lowest BCUT2D eigenvalue weighted by atomic mass is 10.4. The molecule has 0 radical (unpaired) electrons. The lowest BCUT2D eigenvalue weighted by Crippen LogP contribution is -2.12. The fraction of sp³-hybridized carbons (Fsp3) is 0.500. The third-order valence-electron chi connectivity index (χ3n) is 0.970. The maximum Gasteiger partial charge on any atom is 0.333 e. The molecule has 0 N–H and O–H groups in total. The van der Waals surface area contributed by atoms with Gasteiger partial charge in [0, 0.05) is 12.5 Å². The fourth-order valence-corrected chi connectivity index (χ4v) is 0.443. The van der Waals surface area contributed by atoms with Crippen LogP contribution in [0.3, 0.4) is 0 Å². The zero-order valence-corrected chi connectivity index (χ0v) is 7.25. The highest BCUT2D eigenvalue weighted by Crippen LogP contribution is 1.91. The molecule has 0 heterocycles. The quantitative estimate of drug-likeness (QED) is 0.355. The van der Waals surface area contributed by atoms with Crippen LogP contribution in [-0.2, 0) is 19.1 Å². The van der Waals surface area contributed by atoms with Crippen LogP contribution >= 0.6 is 0 Å². The molecule has 0 amide bonds. The number of hydrogen-bond donors (Lipinski definition) is 0. The molecule has 0 bridgehead atoms. The Bertz CT molecular complexity index is 195. The molecule has 4 heteroatoms. The Morgan fingerprint density at radius 2 is 1.67 bits per heavy atom. The smallest absolute Gasteiger partial charge is 0.333 e. The molecular weight excluding hydrogens is 160 g/mol. The van der Waals surface area contributed by atoms with E-state index in [4.69, 9.17) is 0 Å². The van der Waals surface area contributed by atoms with Crippen molar-refractivity contribution in [2.75, 3.05) is 13.2 Å². The van der Waals surface area contributed by atoms with Crippen LogP contribution in [0, 0.1) is 0 Å². The van der Waals surface area contributed by atoms with Crippen molar-refractivity contribution in [2.45, 2.75) is 13.8 Å². The highest BCUT2D eigenvalue weighted by Gasteiger charge is 2.02. The third kappa shape index (κ3) is 5.46. The van der Waals surface area contributed by atoms with Gasteiger partial charge in [-0.15, -0.1) is 0 Å². The van der Waals surface area contributed by atoms with Gasteiger partial charge in [-0.2, -0.15) is 0 Å². The number of esters is 2. The van der Waals surface area contributed by atoms with E-state index in [1.54, 1.807) is 6.92 Å². The summed E-state index contributed by atoms with van der Waals surface area (Å²) in [6.45, 7) is 6.39. The van der Waals surface area contributed by atoms with Crippen molar-refractivity contribution >= 4 is 11.9 Å². The Hall–Kier alpha value is -1.32. The molecule has 0 aromatic carbocycles. The van der Waals surface area contributed by atoms with E-state index in [9.17, 15) is 9.59 Å². The van der Waals surface area contributed by atoms with Gasteiger partial charge in [0.1, 0.15) is 13.2 Å². The van der Waals surface area contributed by atoms with Crippen LogP contribution in [0.2, 0.25) is 0 Å². The molecule has 0 unspecified atom stereocenters. The second-order valence-corrected chi connectivity index (χ2v) is 2.26. The van der Waals surface area contributed by atoms with E-state index in [1.165, 1.54) is 6.92 Å². The van der Waals surface area contributed by atoms with Gasteiger partial charge >= 0.3 is 11.9 Å². The van der Waals surface area contributed by atoms with Gasteiger partial charge in [0.25, 0.3) is 0 Å². The first-order valence-corrected chi connectivity index (χ1v) is 3.50. The highest BCUT2D eigenvalue weighted by molar-refractivity contribution is 5.86. The topological polar surface area (TPSA) is 52.6 Å². The SMILES string of the molecule is C=C(C)C(=O)OCCOC(C)=O.